The van der Waals surface area contributed by atoms with Crippen molar-refractivity contribution in [2.45, 2.75) is 24.7 Å². The van der Waals surface area contributed by atoms with E-state index < -0.39 is 24.2 Å². The van der Waals surface area contributed by atoms with Gasteiger partial charge in [0.1, 0.15) is 11.4 Å². The Morgan fingerprint density at radius 1 is 0.972 bits per heavy atom. The van der Waals surface area contributed by atoms with E-state index in [2.05, 4.69) is 15.7 Å². The summed E-state index contributed by atoms with van der Waals surface area (Å²) < 4.78 is 63.8. The van der Waals surface area contributed by atoms with E-state index in [1.54, 1.807) is 36.4 Å². The number of alkyl halides is 3. The maximum absolute atomic E-state index is 14.0. The topological polar surface area (TPSA) is 95.9 Å². The monoisotopic (exact) mass is 506 g/mol. The van der Waals surface area contributed by atoms with E-state index in [4.69, 9.17) is 18.9 Å². The summed E-state index contributed by atoms with van der Waals surface area (Å²) in [5.74, 6) is 1.00. The van der Waals surface area contributed by atoms with Gasteiger partial charge in [0.05, 0.1) is 40.7 Å². The molecule has 1 amide bonds. The van der Waals surface area contributed by atoms with Crippen LogP contribution < -0.4 is 29.6 Å². The quantitative estimate of drug-likeness (QED) is 0.474. The standard InChI is InChI=1S/C24H25F3N4O5/c1-33-17-7-5-13(9-19(17)35-3)16-11-21(24(25,26)27)31-22(30-16)15(12-28-31)23(32)29-14-6-8-18(34-2)20(10-14)36-4/h5-10,12,16,21,30H,11H2,1-4H3,(H,29,32). The van der Waals surface area contributed by atoms with Crippen LogP contribution in [0.1, 0.15) is 34.4 Å². The van der Waals surface area contributed by atoms with Crippen molar-refractivity contribution in [3.05, 3.63) is 53.7 Å². The van der Waals surface area contributed by atoms with Crippen molar-refractivity contribution >= 4 is 17.4 Å². The molecule has 2 atom stereocenters. The maximum atomic E-state index is 14.0. The smallest absolute Gasteiger partial charge is 0.410 e. The molecule has 4 rings (SSSR count). The van der Waals surface area contributed by atoms with E-state index >= 15 is 0 Å². The van der Waals surface area contributed by atoms with Crippen molar-refractivity contribution in [2.24, 2.45) is 0 Å². The number of fused-ring (bicyclic) bond motifs is 1. The van der Waals surface area contributed by atoms with E-state index in [0.29, 0.717) is 34.2 Å². The van der Waals surface area contributed by atoms with Crippen LogP contribution in [-0.2, 0) is 0 Å². The Kier molecular flexibility index (Phi) is 6.86. The van der Waals surface area contributed by atoms with Gasteiger partial charge < -0.3 is 29.6 Å². The Morgan fingerprint density at radius 2 is 1.58 bits per heavy atom. The van der Waals surface area contributed by atoms with E-state index in [1.165, 1.54) is 28.4 Å². The number of nitrogens with zero attached hydrogens (tertiary/aromatic N) is 2. The van der Waals surface area contributed by atoms with E-state index in [1.807, 2.05) is 0 Å². The predicted molar refractivity (Wildman–Crippen MR) is 125 cm³/mol. The molecule has 2 N–H and O–H groups in total. The molecule has 0 aliphatic carbocycles. The summed E-state index contributed by atoms with van der Waals surface area (Å²) >= 11 is 0. The number of hydrogen-bond acceptors (Lipinski definition) is 7. The molecule has 0 saturated carbocycles. The first-order valence-corrected chi connectivity index (χ1v) is 10.9. The Morgan fingerprint density at radius 3 is 2.19 bits per heavy atom. The van der Waals surface area contributed by atoms with Crippen LogP contribution in [0, 0.1) is 0 Å². The zero-order chi connectivity index (χ0) is 26.0. The third-order valence-electron chi connectivity index (χ3n) is 5.93. The number of amides is 1. The molecule has 2 aromatic carbocycles. The van der Waals surface area contributed by atoms with Gasteiger partial charge in [-0.15, -0.1) is 0 Å². The van der Waals surface area contributed by atoms with Crippen LogP contribution in [0.5, 0.6) is 23.0 Å². The third-order valence-corrected chi connectivity index (χ3v) is 5.93. The Balaban J connectivity index is 1.68. The highest BCUT2D eigenvalue weighted by Crippen LogP contribution is 2.45. The van der Waals surface area contributed by atoms with Gasteiger partial charge in [0.15, 0.2) is 29.0 Å². The minimum absolute atomic E-state index is 0.0378. The fourth-order valence-electron chi connectivity index (χ4n) is 4.13. The second-order valence-electron chi connectivity index (χ2n) is 7.98. The Bertz CT molecular complexity index is 1260. The second-order valence-corrected chi connectivity index (χ2v) is 7.98. The van der Waals surface area contributed by atoms with Crippen LogP contribution in [0.4, 0.5) is 24.7 Å². The van der Waals surface area contributed by atoms with Gasteiger partial charge in [-0.25, -0.2) is 4.68 Å². The lowest BCUT2D eigenvalue weighted by Crippen LogP contribution is -2.36. The van der Waals surface area contributed by atoms with Crippen molar-refractivity contribution in [3.63, 3.8) is 0 Å². The fourth-order valence-corrected chi connectivity index (χ4v) is 4.13. The highest BCUT2D eigenvalue weighted by atomic mass is 19.4. The van der Waals surface area contributed by atoms with E-state index in [0.717, 1.165) is 10.9 Å². The fraction of sp³-hybridized carbons (Fsp3) is 0.333. The number of hydrogen-bond donors (Lipinski definition) is 2. The van der Waals surface area contributed by atoms with Crippen molar-refractivity contribution in [1.29, 1.82) is 0 Å². The third kappa shape index (κ3) is 4.70. The molecule has 3 aromatic rings. The first-order valence-electron chi connectivity index (χ1n) is 10.9. The van der Waals surface area contributed by atoms with Gasteiger partial charge in [0, 0.05) is 18.2 Å². The molecule has 0 saturated heterocycles. The summed E-state index contributed by atoms with van der Waals surface area (Å²) in [4.78, 5) is 13.1. The molecule has 1 aliphatic heterocycles. The van der Waals surface area contributed by atoms with Gasteiger partial charge >= 0.3 is 6.18 Å². The Hall–Kier alpha value is -4.09. The normalized spacial score (nSPS) is 17.0. The lowest BCUT2D eigenvalue weighted by molar-refractivity contribution is -0.173. The number of ether oxygens (including phenoxy) is 4. The van der Waals surface area contributed by atoms with Crippen LogP contribution in [0.15, 0.2) is 42.6 Å². The van der Waals surface area contributed by atoms with Gasteiger partial charge in [0.25, 0.3) is 5.91 Å². The van der Waals surface area contributed by atoms with Crippen LogP contribution in [-0.4, -0.2) is 50.3 Å². The largest absolute Gasteiger partial charge is 0.493 e. The number of carbonyl (C=O) groups excluding carboxylic acids is 1. The zero-order valence-corrected chi connectivity index (χ0v) is 20.0. The van der Waals surface area contributed by atoms with Crippen LogP contribution in [0.2, 0.25) is 0 Å². The van der Waals surface area contributed by atoms with E-state index in [9.17, 15) is 18.0 Å². The zero-order valence-electron chi connectivity index (χ0n) is 20.0. The molecule has 0 spiro atoms. The molecule has 36 heavy (non-hydrogen) atoms. The number of halogens is 3. The number of carbonyl (C=O) groups is 1. The van der Waals surface area contributed by atoms with Crippen molar-refractivity contribution in [1.82, 2.24) is 9.78 Å². The number of rotatable bonds is 7. The molecule has 0 fully saturated rings. The molecule has 2 unspecified atom stereocenters. The number of anilines is 2. The average Bonchev–Trinajstić information content (AvgIpc) is 3.31. The summed E-state index contributed by atoms with van der Waals surface area (Å²) in [6.07, 6.45) is -3.80. The first kappa shape index (κ1) is 25.0. The number of nitrogens with one attached hydrogen (secondary N) is 2. The van der Waals surface area contributed by atoms with Crippen LogP contribution in [0.3, 0.4) is 0 Å². The molecule has 1 aromatic heterocycles. The molecule has 0 bridgehead atoms. The van der Waals surface area contributed by atoms with E-state index in [-0.39, 0.29) is 17.8 Å². The number of methoxy groups -OCH3 is 4. The van der Waals surface area contributed by atoms with Gasteiger partial charge in [-0.2, -0.15) is 18.3 Å². The molecule has 2 heterocycles. The first-order chi connectivity index (χ1) is 17.2. The summed E-state index contributed by atoms with van der Waals surface area (Å²) in [5.41, 5.74) is 0.877. The second kappa shape index (κ2) is 9.88. The summed E-state index contributed by atoms with van der Waals surface area (Å²) in [6, 6.07) is 6.92. The minimum Gasteiger partial charge on any atom is -0.493 e. The summed E-state index contributed by atoms with van der Waals surface area (Å²) in [7, 11) is 5.85. The maximum Gasteiger partial charge on any atom is 0.410 e. The molecule has 0 radical (unpaired) electrons. The molecule has 12 heteroatoms. The summed E-state index contributed by atoms with van der Waals surface area (Å²) in [5, 5.41) is 9.64. The Labute approximate surface area is 205 Å². The highest BCUT2D eigenvalue weighted by Gasteiger charge is 2.47. The number of aromatic nitrogens is 2. The van der Waals surface area contributed by atoms with Gasteiger partial charge in [-0.05, 0) is 29.8 Å². The summed E-state index contributed by atoms with van der Waals surface area (Å²) in [6.45, 7) is 0. The lowest BCUT2D eigenvalue weighted by atomic mass is 9.96. The SMILES string of the molecule is COc1ccc(NC(=O)c2cnn3c2NC(c2ccc(OC)c(OC)c2)CC3C(F)(F)F)cc1OC. The average molecular weight is 506 g/mol. The van der Waals surface area contributed by atoms with Gasteiger partial charge in [0.2, 0.25) is 0 Å². The molecule has 1 aliphatic rings. The van der Waals surface area contributed by atoms with Crippen molar-refractivity contribution in [3.8, 4) is 23.0 Å². The lowest BCUT2D eigenvalue weighted by Gasteiger charge is -2.34. The molecule has 9 nitrogen and oxygen atoms in total. The van der Waals surface area contributed by atoms with Gasteiger partial charge in [-0.3, -0.25) is 4.79 Å². The highest BCUT2D eigenvalue weighted by molar-refractivity contribution is 6.07. The molecule has 192 valence electrons. The number of benzene rings is 2. The van der Waals surface area contributed by atoms with Crippen LogP contribution >= 0.6 is 0 Å². The van der Waals surface area contributed by atoms with Crippen LogP contribution in [0.25, 0.3) is 0 Å². The van der Waals surface area contributed by atoms with Crippen molar-refractivity contribution < 1.29 is 36.9 Å². The minimum atomic E-state index is -4.59. The molecular formula is C24H25F3N4O5. The predicted octanol–water partition coefficient (Wildman–Crippen LogP) is 4.83. The van der Waals surface area contributed by atoms with Gasteiger partial charge in [-0.1, -0.05) is 6.07 Å². The van der Waals surface area contributed by atoms with Crippen molar-refractivity contribution in [2.75, 3.05) is 39.1 Å². The molecular weight excluding hydrogens is 481 g/mol.